The van der Waals surface area contributed by atoms with E-state index in [4.69, 9.17) is 9.73 Å². The molecule has 2 rings (SSSR count). The average Bonchev–Trinajstić information content (AvgIpc) is 2.58. The number of guanidine groups is 1. The van der Waals surface area contributed by atoms with Crippen LogP contribution in [0.5, 0.6) is 0 Å². The highest BCUT2D eigenvalue weighted by Crippen LogP contribution is 2.43. The molecule has 7 heteroatoms. The fraction of sp³-hybridized carbons (Fsp3) is 0.684. The van der Waals surface area contributed by atoms with Crippen LogP contribution in [0.3, 0.4) is 0 Å². The van der Waals surface area contributed by atoms with Crippen molar-refractivity contribution in [2.24, 2.45) is 10.4 Å². The van der Waals surface area contributed by atoms with Gasteiger partial charge in [0.15, 0.2) is 5.96 Å². The monoisotopic (exact) mass is 475 g/mol. The van der Waals surface area contributed by atoms with Crippen LogP contribution in [0.25, 0.3) is 0 Å². The number of rotatable bonds is 9. The summed E-state index contributed by atoms with van der Waals surface area (Å²) in [5.74, 6) is 1.82. The van der Waals surface area contributed by atoms with Crippen molar-refractivity contribution < 1.29 is 4.74 Å². The highest BCUT2D eigenvalue weighted by Gasteiger charge is 2.36. The second kappa shape index (κ2) is 11.6. The highest BCUT2D eigenvalue weighted by atomic mass is 127. The van der Waals surface area contributed by atoms with Crippen LogP contribution < -0.4 is 15.5 Å². The van der Waals surface area contributed by atoms with Crippen molar-refractivity contribution in [2.75, 3.05) is 45.8 Å². The number of aliphatic imine (C=N–C) groups is 1. The number of nitrogens with zero attached hydrogens (tertiary/aromatic N) is 3. The average molecular weight is 475 g/mol. The molecule has 0 spiro atoms. The summed E-state index contributed by atoms with van der Waals surface area (Å²) < 4.78 is 5.28. The fourth-order valence-corrected chi connectivity index (χ4v) is 3.09. The van der Waals surface area contributed by atoms with E-state index >= 15 is 0 Å². The number of hydrogen-bond acceptors (Lipinski definition) is 4. The maximum Gasteiger partial charge on any atom is 0.191 e. The summed E-state index contributed by atoms with van der Waals surface area (Å²) in [4.78, 5) is 11.3. The van der Waals surface area contributed by atoms with Gasteiger partial charge < -0.3 is 20.3 Å². The normalized spacial score (nSPS) is 15.6. The van der Waals surface area contributed by atoms with Gasteiger partial charge in [-0.25, -0.2) is 9.98 Å². The maximum atomic E-state index is 5.28. The Bertz CT molecular complexity index is 561. The van der Waals surface area contributed by atoms with Gasteiger partial charge in [0.25, 0.3) is 0 Å². The number of methoxy groups -OCH3 is 1. The van der Waals surface area contributed by atoms with Crippen molar-refractivity contribution in [3.05, 3.63) is 23.9 Å². The quantitative estimate of drug-likeness (QED) is 0.327. The summed E-state index contributed by atoms with van der Waals surface area (Å²) >= 11 is 0. The van der Waals surface area contributed by atoms with E-state index in [0.29, 0.717) is 12.0 Å². The first-order valence-corrected chi connectivity index (χ1v) is 9.23. The molecule has 6 nitrogen and oxygen atoms in total. The van der Waals surface area contributed by atoms with Gasteiger partial charge >= 0.3 is 0 Å². The van der Waals surface area contributed by atoms with Crippen LogP contribution in [-0.4, -0.2) is 51.8 Å². The molecule has 2 N–H and O–H groups in total. The van der Waals surface area contributed by atoms with Crippen LogP contribution in [0.15, 0.2) is 23.2 Å². The summed E-state index contributed by atoms with van der Waals surface area (Å²) in [6, 6.07) is 6.06. The molecule has 1 saturated carbocycles. The Labute approximate surface area is 175 Å². The Balaban J connectivity index is 0.00000338. The molecule has 26 heavy (non-hydrogen) atoms. The van der Waals surface area contributed by atoms with Gasteiger partial charge in [0.1, 0.15) is 5.82 Å². The van der Waals surface area contributed by atoms with Crippen LogP contribution in [0.1, 0.15) is 38.3 Å². The lowest BCUT2D eigenvalue weighted by Gasteiger charge is -2.42. The van der Waals surface area contributed by atoms with Gasteiger partial charge in [-0.15, -0.1) is 24.0 Å². The number of hydrogen-bond donors (Lipinski definition) is 2. The molecule has 0 unspecified atom stereocenters. The van der Waals surface area contributed by atoms with E-state index in [1.165, 1.54) is 19.3 Å². The Kier molecular flexibility index (Phi) is 10.2. The molecule has 0 atom stereocenters. The zero-order valence-electron chi connectivity index (χ0n) is 16.5. The minimum atomic E-state index is 0. The SMILES string of the molecule is CCNC(=NCc1cccc(N(C)C)n1)NCC1(CCOC)CCC1.I. The third-order valence-corrected chi connectivity index (χ3v) is 4.88. The van der Waals surface area contributed by atoms with E-state index in [2.05, 4.69) is 22.5 Å². The Morgan fingerprint density at radius 2 is 2.08 bits per heavy atom. The van der Waals surface area contributed by atoms with Crippen LogP contribution in [0.4, 0.5) is 5.82 Å². The van der Waals surface area contributed by atoms with Gasteiger partial charge in [-0.2, -0.15) is 0 Å². The van der Waals surface area contributed by atoms with Gasteiger partial charge in [-0.1, -0.05) is 12.5 Å². The minimum absolute atomic E-state index is 0. The predicted molar refractivity (Wildman–Crippen MR) is 120 cm³/mol. The molecule has 0 aromatic carbocycles. The number of anilines is 1. The fourth-order valence-electron chi connectivity index (χ4n) is 3.09. The number of ether oxygens (including phenoxy) is 1. The molecule has 0 amide bonds. The Morgan fingerprint density at radius 3 is 2.65 bits per heavy atom. The molecule has 0 saturated heterocycles. The van der Waals surface area contributed by atoms with Gasteiger partial charge in [-0.05, 0) is 43.7 Å². The van der Waals surface area contributed by atoms with E-state index in [1.54, 1.807) is 7.11 Å². The molecule has 0 aliphatic heterocycles. The molecule has 1 aromatic heterocycles. The molecule has 1 fully saturated rings. The van der Waals surface area contributed by atoms with Crippen LogP contribution in [-0.2, 0) is 11.3 Å². The zero-order chi connectivity index (χ0) is 18.1. The second-order valence-corrected chi connectivity index (χ2v) is 7.03. The van der Waals surface area contributed by atoms with Crippen LogP contribution in [0.2, 0.25) is 0 Å². The topological polar surface area (TPSA) is 61.8 Å². The second-order valence-electron chi connectivity index (χ2n) is 7.03. The number of aromatic nitrogens is 1. The summed E-state index contributed by atoms with van der Waals surface area (Å²) in [7, 11) is 5.78. The van der Waals surface area contributed by atoms with E-state index in [0.717, 1.165) is 43.6 Å². The summed E-state index contributed by atoms with van der Waals surface area (Å²) in [5, 5.41) is 6.86. The zero-order valence-corrected chi connectivity index (χ0v) is 18.9. The maximum absolute atomic E-state index is 5.28. The first-order chi connectivity index (χ1) is 12.1. The van der Waals surface area contributed by atoms with Crippen LogP contribution in [0, 0.1) is 5.41 Å². The first kappa shape index (κ1) is 23.0. The largest absolute Gasteiger partial charge is 0.385 e. The Morgan fingerprint density at radius 1 is 1.31 bits per heavy atom. The molecule has 1 aromatic rings. The van der Waals surface area contributed by atoms with Gasteiger partial charge in [0.2, 0.25) is 0 Å². The van der Waals surface area contributed by atoms with Crippen LogP contribution >= 0.6 is 24.0 Å². The molecule has 148 valence electrons. The smallest absolute Gasteiger partial charge is 0.191 e. The van der Waals surface area contributed by atoms with Crippen molar-refractivity contribution in [2.45, 2.75) is 39.2 Å². The lowest BCUT2D eigenvalue weighted by Crippen LogP contribution is -2.47. The first-order valence-electron chi connectivity index (χ1n) is 9.23. The number of nitrogens with one attached hydrogen (secondary N) is 2. The highest BCUT2D eigenvalue weighted by molar-refractivity contribution is 14.0. The van der Waals surface area contributed by atoms with E-state index in [-0.39, 0.29) is 24.0 Å². The van der Waals surface area contributed by atoms with Crippen molar-refractivity contribution in [1.82, 2.24) is 15.6 Å². The molecular weight excluding hydrogens is 441 g/mol. The standard InChI is InChI=1S/C19H33N5O.HI/c1-5-20-18(22-15-19(10-7-11-19)12-13-25-4)21-14-16-8-6-9-17(23-16)24(2)3;/h6,8-9H,5,7,10-15H2,1-4H3,(H2,20,21,22);1H. The summed E-state index contributed by atoms with van der Waals surface area (Å²) in [6.45, 7) is 5.29. The van der Waals surface area contributed by atoms with Gasteiger partial charge in [0, 0.05) is 40.9 Å². The van der Waals surface area contributed by atoms with Crippen molar-refractivity contribution in [1.29, 1.82) is 0 Å². The molecule has 1 aliphatic rings. The minimum Gasteiger partial charge on any atom is -0.385 e. The van der Waals surface area contributed by atoms with E-state index < -0.39 is 0 Å². The van der Waals surface area contributed by atoms with Gasteiger partial charge in [0.05, 0.1) is 12.2 Å². The molecule has 0 bridgehead atoms. The molecular formula is C19H34IN5O. The molecule has 1 aliphatic carbocycles. The third-order valence-electron chi connectivity index (χ3n) is 4.88. The lowest BCUT2D eigenvalue weighted by atomic mass is 9.67. The third kappa shape index (κ3) is 6.90. The van der Waals surface area contributed by atoms with Crippen molar-refractivity contribution in [3.8, 4) is 0 Å². The Hall–Kier alpha value is -1.09. The predicted octanol–water partition coefficient (Wildman–Crippen LogP) is 3.03. The number of halogens is 1. The molecule has 1 heterocycles. The van der Waals surface area contributed by atoms with Crippen molar-refractivity contribution in [3.63, 3.8) is 0 Å². The van der Waals surface area contributed by atoms with E-state index in [9.17, 15) is 0 Å². The molecule has 0 radical (unpaired) electrons. The van der Waals surface area contributed by atoms with Gasteiger partial charge in [-0.3, -0.25) is 0 Å². The summed E-state index contributed by atoms with van der Waals surface area (Å²) in [5.41, 5.74) is 1.34. The van der Waals surface area contributed by atoms with E-state index in [1.807, 2.05) is 37.2 Å². The van der Waals surface area contributed by atoms with Crippen molar-refractivity contribution >= 4 is 35.8 Å². The lowest BCUT2D eigenvalue weighted by molar-refractivity contribution is 0.0732. The number of pyridine rings is 1. The summed E-state index contributed by atoms with van der Waals surface area (Å²) in [6.07, 6.45) is 4.98.